The molecule has 4 nitrogen and oxygen atoms in total. The van der Waals surface area contributed by atoms with Gasteiger partial charge in [0.2, 0.25) is 5.88 Å². The van der Waals surface area contributed by atoms with Gasteiger partial charge in [-0.2, -0.15) is 0 Å². The average molecular weight is 248 g/mol. The molecule has 0 bridgehead atoms. The first-order valence-corrected chi connectivity index (χ1v) is 5.53. The highest BCUT2D eigenvalue weighted by atomic mass is 32.1. The minimum Gasteiger partial charge on any atom is -0.494 e. The van der Waals surface area contributed by atoms with Gasteiger partial charge in [-0.1, -0.05) is 12.1 Å². The molecular formula is C12H12N2O2S. The van der Waals surface area contributed by atoms with Gasteiger partial charge in [-0.15, -0.1) is 0 Å². The van der Waals surface area contributed by atoms with E-state index in [4.69, 9.17) is 12.2 Å². The van der Waals surface area contributed by atoms with Crippen LogP contribution in [0.1, 0.15) is 11.1 Å². The monoisotopic (exact) mass is 248 g/mol. The Balaban J connectivity index is 2.82. The van der Waals surface area contributed by atoms with Gasteiger partial charge in [-0.25, -0.2) is 0 Å². The predicted octanol–water partition coefficient (Wildman–Crippen LogP) is 2.22. The summed E-state index contributed by atoms with van der Waals surface area (Å²) in [4.78, 5) is 13.6. The van der Waals surface area contributed by atoms with Crippen LogP contribution in [-0.2, 0) is 0 Å². The molecule has 0 saturated carbocycles. The zero-order chi connectivity index (χ0) is 12.6. The summed E-state index contributed by atoms with van der Waals surface area (Å²) in [7, 11) is 0. The third kappa shape index (κ3) is 2.01. The van der Waals surface area contributed by atoms with Gasteiger partial charge in [0.1, 0.15) is 0 Å². The van der Waals surface area contributed by atoms with Gasteiger partial charge in [0.15, 0.2) is 4.77 Å². The van der Waals surface area contributed by atoms with E-state index in [9.17, 15) is 9.90 Å². The number of nitrogens with zero attached hydrogens (tertiary/aromatic N) is 1. The second-order valence-electron chi connectivity index (χ2n) is 3.85. The summed E-state index contributed by atoms with van der Waals surface area (Å²) in [6, 6.07) is 6.81. The Labute approximate surface area is 103 Å². The number of aromatic hydroxyl groups is 1. The molecule has 0 aliphatic carbocycles. The second-order valence-corrected chi connectivity index (χ2v) is 4.24. The summed E-state index contributed by atoms with van der Waals surface area (Å²) < 4.78 is 1.63. The molecule has 2 rings (SSSR count). The van der Waals surface area contributed by atoms with Crippen LogP contribution < -0.4 is 5.56 Å². The third-order valence-corrected chi connectivity index (χ3v) is 3.02. The maximum Gasteiger partial charge on any atom is 0.255 e. The van der Waals surface area contributed by atoms with E-state index < -0.39 is 5.56 Å². The molecule has 0 unspecified atom stereocenters. The molecule has 17 heavy (non-hydrogen) atoms. The normalized spacial score (nSPS) is 10.5. The number of nitrogens with one attached hydrogen (secondary N) is 1. The lowest BCUT2D eigenvalue weighted by atomic mass is 10.1. The SMILES string of the molecule is Cc1cccc(-n2c(O)cc(=O)[nH]c2=S)c1C. The molecule has 0 saturated heterocycles. The zero-order valence-electron chi connectivity index (χ0n) is 9.52. The standard InChI is InChI=1S/C12H12N2O2S/c1-7-4-3-5-9(8(7)2)14-11(16)6-10(15)13-12(14)17/h3-6,16H,1-2H3,(H,13,15,17). The summed E-state index contributed by atoms with van der Waals surface area (Å²) in [6.45, 7) is 3.92. The van der Waals surface area contributed by atoms with Crippen molar-refractivity contribution in [1.29, 1.82) is 0 Å². The fourth-order valence-corrected chi connectivity index (χ4v) is 1.99. The quantitative estimate of drug-likeness (QED) is 0.761. The Morgan fingerprint density at radius 3 is 2.71 bits per heavy atom. The summed E-state index contributed by atoms with van der Waals surface area (Å²) in [5.41, 5.74) is 2.46. The van der Waals surface area contributed by atoms with Crippen molar-refractivity contribution < 1.29 is 5.11 Å². The number of hydrogen-bond acceptors (Lipinski definition) is 3. The Morgan fingerprint density at radius 2 is 2.06 bits per heavy atom. The predicted molar refractivity (Wildman–Crippen MR) is 68.4 cm³/mol. The molecule has 0 aliphatic rings. The fourth-order valence-electron chi connectivity index (χ4n) is 1.69. The average Bonchev–Trinajstić information content (AvgIpc) is 2.23. The molecule has 0 amide bonds. The smallest absolute Gasteiger partial charge is 0.255 e. The van der Waals surface area contributed by atoms with Crippen molar-refractivity contribution in [3.05, 3.63) is 50.5 Å². The first-order chi connectivity index (χ1) is 8.00. The van der Waals surface area contributed by atoms with Gasteiger partial charge >= 0.3 is 0 Å². The van der Waals surface area contributed by atoms with Crippen LogP contribution in [0.4, 0.5) is 0 Å². The van der Waals surface area contributed by atoms with E-state index in [-0.39, 0.29) is 10.7 Å². The molecule has 1 heterocycles. The van der Waals surface area contributed by atoms with Gasteiger partial charge in [0.05, 0.1) is 11.8 Å². The van der Waals surface area contributed by atoms with Crippen LogP contribution in [0.5, 0.6) is 5.88 Å². The topological polar surface area (TPSA) is 58.0 Å². The largest absolute Gasteiger partial charge is 0.494 e. The van der Waals surface area contributed by atoms with Crippen molar-refractivity contribution in [3.8, 4) is 11.6 Å². The highest BCUT2D eigenvalue weighted by Crippen LogP contribution is 2.21. The number of aryl methyl sites for hydroxylation is 1. The minimum absolute atomic E-state index is 0.160. The molecule has 1 aromatic heterocycles. The maximum absolute atomic E-state index is 11.2. The Hall–Kier alpha value is -1.88. The fraction of sp³-hybridized carbons (Fsp3) is 0.167. The molecule has 1 aromatic carbocycles. The van der Waals surface area contributed by atoms with Crippen molar-refractivity contribution in [2.45, 2.75) is 13.8 Å². The van der Waals surface area contributed by atoms with E-state index in [1.54, 1.807) is 0 Å². The number of rotatable bonds is 1. The highest BCUT2D eigenvalue weighted by molar-refractivity contribution is 7.71. The minimum atomic E-state index is -0.408. The summed E-state index contributed by atoms with van der Waals surface area (Å²) in [6.07, 6.45) is 0. The first kappa shape index (κ1) is 11.6. The molecule has 0 radical (unpaired) electrons. The Kier molecular flexibility index (Phi) is 2.85. The van der Waals surface area contributed by atoms with Gasteiger partial charge in [0, 0.05) is 0 Å². The number of H-pyrrole nitrogens is 1. The van der Waals surface area contributed by atoms with Crippen LogP contribution in [0.15, 0.2) is 29.1 Å². The van der Waals surface area contributed by atoms with Gasteiger partial charge in [-0.05, 0) is 43.3 Å². The molecular weight excluding hydrogens is 236 g/mol. The number of aromatic amines is 1. The van der Waals surface area contributed by atoms with E-state index in [1.165, 1.54) is 4.57 Å². The van der Waals surface area contributed by atoms with Crippen molar-refractivity contribution in [2.75, 3.05) is 0 Å². The van der Waals surface area contributed by atoms with Crippen molar-refractivity contribution >= 4 is 12.2 Å². The van der Waals surface area contributed by atoms with E-state index in [0.29, 0.717) is 0 Å². The lowest BCUT2D eigenvalue weighted by molar-refractivity contribution is 0.433. The second kappa shape index (κ2) is 4.18. The molecule has 0 aliphatic heterocycles. The van der Waals surface area contributed by atoms with Gasteiger partial charge < -0.3 is 5.11 Å². The Morgan fingerprint density at radius 1 is 1.35 bits per heavy atom. The number of benzene rings is 1. The summed E-state index contributed by atoms with van der Waals surface area (Å²) in [5.74, 6) is -0.160. The zero-order valence-corrected chi connectivity index (χ0v) is 10.3. The van der Waals surface area contributed by atoms with Gasteiger partial charge in [-0.3, -0.25) is 14.3 Å². The van der Waals surface area contributed by atoms with Crippen LogP contribution in [0, 0.1) is 18.6 Å². The maximum atomic E-state index is 11.2. The summed E-state index contributed by atoms with van der Waals surface area (Å²) in [5, 5.41) is 9.82. The highest BCUT2D eigenvalue weighted by Gasteiger charge is 2.08. The van der Waals surface area contributed by atoms with Gasteiger partial charge in [0.25, 0.3) is 5.56 Å². The van der Waals surface area contributed by atoms with Crippen molar-refractivity contribution in [2.24, 2.45) is 0 Å². The van der Waals surface area contributed by atoms with E-state index in [0.717, 1.165) is 22.9 Å². The molecule has 0 fully saturated rings. The van der Waals surface area contributed by atoms with Crippen molar-refractivity contribution in [1.82, 2.24) is 9.55 Å². The molecule has 0 spiro atoms. The number of hydrogen-bond donors (Lipinski definition) is 2. The third-order valence-electron chi connectivity index (χ3n) is 2.74. The molecule has 0 atom stereocenters. The number of aromatic nitrogens is 2. The van der Waals surface area contributed by atoms with Crippen LogP contribution in [-0.4, -0.2) is 14.7 Å². The van der Waals surface area contributed by atoms with Crippen molar-refractivity contribution in [3.63, 3.8) is 0 Å². The lowest BCUT2D eigenvalue weighted by Gasteiger charge is -2.13. The van der Waals surface area contributed by atoms with E-state index in [2.05, 4.69) is 4.98 Å². The molecule has 2 N–H and O–H groups in total. The molecule has 2 aromatic rings. The Bertz CT molecular complexity index is 686. The van der Waals surface area contributed by atoms with Crippen LogP contribution in [0.25, 0.3) is 5.69 Å². The lowest BCUT2D eigenvalue weighted by Crippen LogP contribution is -2.11. The van der Waals surface area contributed by atoms with E-state index >= 15 is 0 Å². The summed E-state index contributed by atoms with van der Waals surface area (Å²) >= 11 is 5.06. The van der Waals surface area contributed by atoms with Crippen LogP contribution in [0.3, 0.4) is 0 Å². The van der Waals surface area contributed by atoms with Crippen LogP contribution in [0.2, 0.25) is 0 Å². The molecule has 5 heteroatoms. The first-order valence-electron chi connectivity index (χ1n) is 5.12. The van der Waals surface area contributed by atoms with Crippen LogP contribution >= 0.6 is 12.2 Å². The molecule has 88 valence electrons. The van der Waals surface area contributed by atoms with E-state index in [1.807, 2.05) is 32.0 Å².